The van der Waals surface area contributed by atoms with Crippen LogP contribution in [0.4, 0.5) is 17.6 Å². The summed E-state index contributed by atoms with van der Waals surface area (Å²) < 4.78 is 51.1. The molecule has 0 radical (unpaired) electrons. The lowest BCUT2D eigenvalue weighted by atomic mass is 10.2. The standard InChI is InChI=1S/C5H8F4O/c1-4(6,7)3-5(8,9)10-2/h3H2,1-2H3. The first-order valence-corrected chi connectivity index (χ1v) is 2.58. The van der Waals surface area contributed by atoms with Gasteiger partial charge in [0.15, 0.2) is 0 Å². The van der Waals surface area contributed by atoms with Gasteiger partial charge in [-0.15, -0.1) is 0 Å². The number of hydrogen-bond donors (Lipinski definition) is 0. The minimum atomic E-state index is -3.72. The van der Waals surface area contributed by atoms with Gasteiger partial charge in [-0.2, -0.15) is 8.78 Å². The first kappa shape index (κ1) is 9.68. The van der Waals surface area contributed by atoms with Gasteiger partial charge < -0.3 is 4.74 Å². The molecule has 0 spiro atoms. The molecule has 0 saturated heterocycles. The van der Waals surface area contributed by atoms with Crippen molar-refractivity contribution in [3.63, 3.8) is 0 Å². The van der Waals surface area contributed by atoms with Crippen molar-refractivity contribution in [2.45, 2.75) is 25.4 Å². The Morgan fingerprint density at radius 2 is 1.60 bits per heavy atom. The Morgan fingerprint density at radius 3 is 1.70 bits per heavy atom. The summed E-state index contributed by atoms with van der Waals surface area (Å²) in [5.74, 6) is -3.39. The molecule has 0 fully saturated rings. The molecule has 0 atom stereocenters. The first-order valence-electron chi connectivity index (χ1n) is 2.58. The molecule has 0 N–H and O–H groups in total. The van der Waals surface area contributed by atoms with Crippen LogP contribution in [-0.4, -0.2) is 19.1 Å². The third-order valence-electron chi connectivity index (χ3n) is 0.815. The van der Waals surface area contributed by atoms with E-state index >= 15 is 0 Å². The fourth-order valence-corrected chi connectivity index (χ4v) is 0.434. The average molecular weight is 160 g/mol. The Hall–Kier alpha value is -0.320. The zero-order valence-electron chi connectivity index (χ0n) is 5.63. The second kappa shape index (κ2) is 2.74. The van der Waals surface area contributed by atoms with Crippen LogP contribution in [0.15, 0.2) is 0 Å². The molecular formula is C5H8F4O. The van der Waals surface area contributed by atoms with E-state index in [1.807, 2.05) is 0 Å². The largest absolute Gasteiger partial charge is 0.361 e. The maximum Gasteiger partial charge on any atom is 0.361 e. The van der Waals surface area contributed by atoms with Gasteiger partial charge in [-0.1, -0.05) is 0 Å². The van der Waals surface area contributed by atoms with Crippen molar-refractivity contribution in [3.8, 4) is 0 Å². The van der Waals surface area contributed by atoms with E-state index in [1.54, 1.807) is 0 Å². The van der Waals surface area contributed by atoms with E-state index in [0.717, 1.165) is 0 Å². The Bertz CT molecular complexity index is 107. The van der Waals surface area contributed by atoms with Gasteiger partial charge in [0.1, 0.15) is 6.42 Å². The van der Waals surface area contributed by atoms with Gasteiger partial charge in [0.25, 0.3) is 5.92 Å². The van der Waals surface area contributed by atoms with Gasteiger partial charge in [0, 0.05) is 7.11 Å². The first-order chi connectivity index (χ1) is 4.27. The van der Waals surface area contributed by atoms with E-state index in [-0.39, 0.29) is 0 Å². The molecule has 0 amide bonds. The Balaban J connectivity index is 3.89. The molecule has 0 rings (SSSR count). The van der Waals surface area contributed by atoms with Gasteiger partial charge in [-0.3, -0.25) is 0 Å². The van der Waals surface area contributed by atoms with Crippen molar-refractivity contribution in [3.05, 3.63) is 0 Å². The third kappa shape index (κ3) is 4.55. The number of methoxy groups -OCH3 is 1. The van der Waals surface area contributed by atoms with Crippen LogP contribution < -0.4 is 0 Å². The summed E-state index contributed by atoms with van der Waals surface area (Å²) in [6, 6.07) is 0. The second-order valence-corrected chi connectivity index (χ2v) is 2.09. The van der Waals surface area contributed by atoms with Crippen LogP contribution in [0, 0.1) is 0 Å². The minimum Gasteiger partial charge on any atom is -0.324 e. The predicted molar refractivity (Wildman–Crippen MR) is 27.2 cm³/mol. The zero-order valence-corrected chi connectivity index (χ0v) is 5.63. The van der Waals surface area contributed by atoms with Crippen molar-refractivity contribution < 1.29 is 22.3 Å². The molecule has 0 unspecified atom stereocenters. The number of halogens is 4. The van der Waals surface area contributed by atoms with Crippen LogP contribution in [0.1, 0.15) is 13.3 Å². The second-order valence-electron chi connectivity index (χ2n) is 2.09. The van der Waals surface area contributed by atoms with Gasteiger partial charge in [0.05, 0.1) is 0 Å². The number of hydrogen-bond acceptors (Lipinski definition) is 1. The maximum absolute atomic E-state index is 11.9. The summed E-state index contributed by atoms with van der Waals surface area (Å²) in [5.41, 5.74) is 0. The molecule has 0 aliphatic carbocycles. The molecule has 0 bridgehead atoms. The normalized spacial score (nSPS) is 13.8. The molecule has 0 aromatic carbocycles. The summed E-state index contributed by atoms with van der Waals surface area (Å²) in [6.45, 7) is 0.417. The quantitative estimate of drug-likeness (QED) is 0.575. The van der Waals surface area contributed by atoms with Crippen LogP contribution in [0.3, 0.4) is 0 Å². The summed E-state index contributed by atoms with van der Waals surface area (Å²) in [5, 5.41) is 0. The predicted octanol–water partition coefficient (Wildman–Crippen LogP) is 2.27. The molecule has 0 saturated carbocycles. The van der Waals surface area contributed by atoms with Crippen LogP contribution in [0.25, 0.3) is 0 Å². The van der Waals surface area contributed by atoms with E-state index in [0.29, 0.717) is 14.0 Å². The van der Waals surface area contributed by atoms with E-state index in [4.69, 9.17) is 0 Å². The highest BCUT2D eigenvalue weighted by molar-refractivity contribution is 4.64. The van der Waals surface area contributed by atoms with Crippen molar-refractivity contribution in [2.24, 2.45) is 0 Å². The van der Waals surface area contributed by atoms with E-state index in [1.165, 1.54) is 0 Å². The van der Waals surface area contributed by atoms with Crippen molar-refractivity contribution in [1.82, 2.24) is 0 Å². The Kier molecular flexibility index (Phi) is 2.65. The van der Waals surface area contributed by atoms with Crippen LogP contribution in [0.2, 0.25) is 0 Å². The van der Waals surface area contributed by atoms with Crippen LogP contribution in [0.5, 0.6) is 0 Å². The molecule has 0 heterocycles. The molecule has 0 aliphatic heterocycles. The van der Waals surface area contributed by atoms with Crippen molar-refractivity contribution >= 4 is 0 Å². The highest BCUT2D eigenvalue weighted by atomic mass is 19.3. The average Bonchev–Trinajstić information content (AvgIpc) is 1.60. The highest BCUT2D eigenvalue weighted by Crippen LogP contribution is 2.29. The minimum absolute atomic E-state index is 0.417. The number of rotatable bonds is 3. The van der Waals surface area contributed by atoms with Crippen LogP contribution >= 0.6 is 0 Å². The van der Waals surface area contributed by atoms with Crippen molar-refractivity contribution in [1.29, 1.82) is 0 Å². The molecular weight excluding hydrogens is 152 g/mol. The monoisotopic (exact) mass is 160 g/mol. The maximum atomic E-state index is 11.9. The molecule has 5 heteroatoms. The fourth-order valence-electron chi connectivity index (χ4n) is 0.434. The Morgan fingerprint density at radius 1 is 1.20 bits per heavy atom. The Labute approximate surface area is 56.0 Å². The summed E-state index contributed by atoms with van der Waals surface area (Å²) in [6.07, 6.45) is -5.30. The van der Waals surface area contributed by atoms with E-state index in [2.05, 4.69) is 4.74 Å². The zero-order chi connectivity index (χ0) is 8.41. The molecule has 0 aromatic rings. The third-order valence-corrected chi connectivity index (χ3v) is 0.815. The van der Waals surface area contributed by atoms with Gasteiger partial charge in [-0.25, -0.2) is 8.78 Å². The lowest BCUT2D eigenvalue weighted by Gasteiger charge is -2.17. The van der Waals surface area contributed by atoms with Crippen LogP contribution in [-0.2, 0) is 4.74 Å². The smallest absolute Gasteiger partial charge is 0.324 e. The van der Waals surface area contributed by atoms with E-state index < -0.39 is 18.5 Å². The summed E-state index contributed by atoms with van der Waals surface area (Å²) in [4.78, 5) is 0. The number of ether oxygens (including phenoxy) is 1. The lowest BCUT2D eigenvalue weighted by Crippen LogP contribution is -2.28. The molecule has 0 aromatic heterocycles. The summed E-state index contributed by atoms with van der Waals surface area (Å²) >= 11 is 0. The molecule has 10 heavy (non-hydrogen) atoms. The lowest BCUT2D eigenvalue weighted by molar-refractivity contribution is -0.253. The topological polar surface area (TPSA) is 9.23 Å². The van der Waals surface area contributed by atoms with Gasteiger partial charge in [0.2, 0.25) is 0 Å². The number of alkyl halides is 4. The molecule has 62 valence electrons. The highest BCUT2D eigenvalue weighted by Gasteiger charge is 2.39. The van der Waals surface area contributed by atoms with Gasteiger partial charge >= 0.3 is 6.11 Å². The molecule has 0 aliphatic rings. The van der Waals surface area contributed by atoms with E-state index in [9.17, 15) is 17.6 Å². The van der Waals surface area contributed by atoms with Crippen molar-refractivity contribution in [2.75, 3.05) is 7.11 Å². The van der Waals surface area contributed by atoms with Gasteiger partial charge in [-0.05, 0) is 6.92 Å². The fraction of sp³-hybridized carbons (Fsp3) is 1.00. The SMILES string of the molecule is COC(F)(F)CC(C)(F)F. The molecule has 1 nitrogen and oxygen atoms in total. The summed E-state index contributed by atoms with van der Waals surface area (Å²) in [7, 11) is 0.686.